The number of nitrogens with one attached hydrogen (secondary N) is 1. The average Bonchev–Trinajstić information content (AvgIpc) is 3.00. The Labute approximate surface area is 109 Å². The first-order valence-corrected chi connectivity index (χ1v) is 7.46. The minimum Gasteiger partial charge on any atom is -0.368 e. The second kappa shape index (κ2) is 5.17. The van der Waals surface area contributed by atoms with E-state index in [-0.39, 0.29) is 12.0 Å². The third-order valence-corrected chi connectivity index (χ3v) is 4.72. The number of likely N-dealkylation sites (N-methyl/N-ethyl adjacent to an activating group) is 1. The number of rotatable bonds is 3. The van der Waals surface area contributed by atoms with Crippen LogP contribution < -0.4 is 5.32 Å². The molecule has 4 heteroatoms. The summed E-state index contributed by atoms with van der Waals surface area (Å²) in [5.74, 6) is 0.237. The van der Waals surface area contributed by atoms with E-state index < -0.39 is 0 Å². The largest absolute Gasteiger partial charge is 0.368 e. The van der Waals surface area contributed by atoms with Gasteiger partial charge >= 0.3 is 0 Å². The van der Waals surface area contributed by atoms with Crippen LogP contribution in [0.3, 0.4) is 0 Å². The lowest BCUT2D eigenvalue weighted by Crippen LogP contribution is -2.52. The van der Waals surface area contributed by atoms with Gasteiger partial charge in [0.15, 0.2) is 0 Å². The second-order valence-electron chi connectivity index (χ2n) is 5.89. The van der Waals surface area contributed by atoms with E-state index in [1.54, 1.807) is 0 Å². The van der Waals surface area contributed by atoms with Gasteiger partial charge < -0.3 is 15.0 Å². The molecule has 4 nitrogen and oxygen atoms in total. The lowest BCUT2D eigenvalue weighted by molar-refractivity contribution is -0.143. The van der Waals surface area contributed by atoms with Crippen molar-refractivity contribution in [3.05, 3.63) is 0 Å². The van der Waals surface area contributed by atoms with Crippen LogP contribution in [0.4, 0.5) is 0 Å². The van der Waals surface area contributed by atoms with Crippen LogP contribution in [0.5, 0.6) is 0 Å². The highest BCUT2D eigenvalue weighted by molar-refractivity contribution is 5.81. The van der Waals surface area contributed by atoms with Crippen LogP contribution >= 0.6 is 0 Å². The number of ether oxygens (including phenoxy) is 1. The molecule has 3 aliphatic heterocycles. The third-order valence-electron chi connectivity index (χ3n) is 4.72. The molecular weight excluding hydrogens is 228 g/mol. The van der Waals surface area contributed by atoms with Gasteiger partial charge in [0.2, 0.25) is 0 Å². The first-order valence-electron chi connectivity index (χ1n) is 7.46. The molecule has 2 bridgehead atoms. The molecule has 0 aliphatic carbocycles. The number of carbonyl (C=O) groups is 1. The molecule has 1 N–H and O–H groups in total. The topological polar surface area (TPSA) is 41.6 Å². The number of hydrogen-bond donors (Lipinski definition) is 1. The minimum atomic E-state index is -0.155. The van der Waals surface area contributed by atoms with E-state index in [1.807, 2.05) is 0 Å². The van der Waals surface area contributed by atoms with Crippen molar-refractivity contribution >= 4 is 5.91 Å². The number of piperidine rings is 1. The molecule has 18 heavy (non-hydrogen) atoms. The van der Waals surface area contributed by atoms with Gasteiger partial charge in [0, 0.05) is 31.3 Å². The van der Waals surface area contributed by atoms with Gasteiger partial charge in [-0.15, -0.1) is 0 Å². The van der Waals surface area contributed by atoms with Gasteiger partial charge in [-0.3, -0.25) is 4.79 Å². The number of nitrogens with zero attached hydrogens (tertiary/aromatic N) is 1. The molecule has 3 fully saturated rings. The van der Waals surface area contributed by atoms with Gasteiger partial charge in [-0.05, 0) is 45.4 Å². The summed E-state index contributed by atoms with van der Waals surface area (Å²) in [7, 11) is 0. The predicted molar refractivity (Wildman–Crippen MR) is 69.3 cm³/mol. The Kier molecular flexibility index (Phi) is 3.57. The third kappa shape index (κ3) is 2.28. The maximum absolute atomic E-state index is 12.5. The predicted octanol–water partition coefficient (Wildman–Crippen LogP) is 1.30. The van der Waals surface area contributed by atoms with Crippen LogP contribution in [0.15, 0.2) is 0 Å². The van der Waals surface area contributed by atoms with Crippen molar-refractivity contribution < 1.29 is 9.53 Å². The number of carbonyl (C=O) groups excluding carboxylic acids is 1. The minimum absolute atomic E-state index is 0.155. The maximum atomic E-state index is 12.5. The molecule has 3 heterocycles. The standard InChI is InChI=1S/C14H24N2O2/c1-2-16(14(17)13-4-3-7-18-13)12-8-10-5-6-11(9-12)15-10/h10-13,15H,2-9H2,1H3. The monoisotopic (exact) mass is 252 g/mol. The number of amides is 1. The molecule has 3 rings (SSSR count). The van der Waals surface area contributed by atoms with Crippen molar-refractivity contribution in [2.45, 2.75) is 69.7 Å². The van der Waals surface area contributed by atoms with E-state index in [0.29, 0.717) is 18.1 Å². The van der Waals surface area contributed by atoms with Crippen molar-refractivity contribution in [1.82, 2.24) is 10.2 Å². The normalized spacial score (nSPS) is 38.9. The van der Waals surface area contributed by atoms with E-state index in [9.17, 15) is 4.79 Å². The first kappa shape index (κ1) is 12.4. The molecule has 3 aliphatic rings. The lowest BCUT2D eigenvalue weighted by Gasteiger charge is -2.38. The summed E-state index contributed by atoms with van der Waals surface area (Å²) in [6.45, 7) is 3.67. The Balaban J connectivity index is 1.66. The molecule has 0 saturated carbocycles. The second-order valence-corrected chi connectivity index (χ2v) is 5.89. The molecule has 0 radical (unpaired) electrons. The van der Waals surface area contributed by atoms with Gasteiger partial charge in [0.1, 0.15) is 6.10 Å². The zero-order chi connectivity index (χ0) is 12.5. The molecule has 0 aromatic heterocycles. The van der Waals surface area contributed by atoms with Crippen molar-refractivity contribution in [1.29, 1.82) is 0 Å². The highest BCUT2D eigenvalue weighted by Crippen LogP contribution is 2.30. The smallest absolute Gasteiger partial charge is 0.251 e. The Morgan fingerprint density at radius 3 is 2.56 bits per heavy atom. The first-order chi connectivity index (χ1) is 8.78. The molecule has 1 amide bonds. The Morgan fingerprint density at radius 1 is 1.28 bits per heavy atom. The Morgan fingerprint density at radius 2 is 2.00 bits per heavy atom. The number of hydrogen-bond acceptors (Lipinski definition) is 3. The quantitative estimate of drug-likeness (QED) is 0.823. The SMILES string of the molecule is CCN(C(=O)C1CCCO1)C1CC2CCC(C1)N2. The summed E-state index contributed by atoms with van der Waals surface area (Å²) in [6, 6.07) is 1.71. The fourth-order valence-corrected chi connectivity index (χ4v) is 3.83. The summed E-state index contributed by atoms with van der Waals surface area (Å²) in [5.41, 5.74) is 0. The van der Waals surface area contributed by atoms with Crippen LogP contribution in [0.2, 0.25) is 0 Å². The van der Waals surface area contributed by atoms with E-state index in [1.165, 1.54) is 12.8 Å². The van der Waals surface area contributed by atoms with Crippen LogP contribution in [0, 0.1) is 0 Å². The average molecular weight is 252 g/mol. The molecular formula is C14H24N2O2. The Hall–Kier alpha value is -0.610. The summed E-state index contributed by atoms with van der Waals surface area (Å²) in [5, 5.41) is 3.64. The van der Waals surface area contributed by atoms with E-state index >= 15 is 0 Å². The van der Waals surface area contributed by atoms with Gasteiger partial charge in [-0.1, -0.05) is 0 Å². The fourth-order valence-electron chi connectivity index (χ4n) is 3.83. The summed E-state index contributed by atoms with van der Waals surface area (Å²) < 4.78 is 5.55. The molecule has 3 atom stereocenters. The molecule has 3 saturated heterocycles. The van der Waals surface area contributed by atoms with Crippen LogP contribution in [0.25, 0.3) is 0 Å². The Bertz CT molecular complexity index is 303. The molecule has 102 valence electrons. The summed E-state index contributed by atoms with van der Waals surface area (Å²) >= 11 is 0. The molecule has 0 aromatic rings. The fraction of sp³-hybridized carbons (Fsp3) is 0.929. The molecule has 3 unspecified atom stereocenters. The molecule has 0 spiro atoms. The zero-order valence-electron chi connectivity index (χ0n) is 11.2. The molecule has 0 aromatic carbocycles. The zero-order valence-corrected chi connectivity index (χ0v) is 11.2. The highest BCUT2D eigenvalue weighted by Gasteiger charge is 2.39. The maximum Gasteiger partial charge on any atom is 0.251 e. The van der Waals surface area contributed by atoms with Crippen LogP contribution in [0.1, 0.15) is 45.4 Å². The highest BCUT2D eigenvalue weighted by atomic mass is 16.5. The number of fused-ring (bicyclic) bond motifs is 2. The van der Waals surface area contributed by atoms with Crippen molar-refractivity contribution in [3.63, 3.8) is 0 Å². The lowest BCUT2D eigenvalue weighted by atomic mass is 9.97. The van der Waals surface area contributed by atoms with Crippen LogP contribution in [-0.4, -0.2) is 48.2 Å². The van der Waals surface area contributed by atoms with E-state index in [0.717, 1.165) is 38.8 Å². The van der Waals surface area contributed by atoms with Crippen molar-refractivity contribution in [3.8, 4) is 0 Å². The van der Waals surface area contributed by atoms with Gasteiger partial charge in [-0.2, -0.15) is 0 Å². The van der Waals surface area contributed by atoms with Crippen molar-refractivity contribution in [2.24, 2.45) is 0 Å². The van der Waals surface area contributed by atoms with Crippen molar-refractivity contribution in [2.75, 3.05) is 13.2 Å². The summed E-state index contributed by atoms with van der Waals surface area (Å²) in [6.07, 6.45) is 6.61. The van der Waals surface area contributed by atoms with E-state index in [4.69, 9.17) is 4.74 Å². The van der Waals surface area contributed by atoms with Gasteiger partial charge in [0.05, 0.1) is 0 Å². The van der Waals surface area contributed by atoms with Gasteiger partial charge in [-0.25, -0.2) is 0 Å². The van der Waals surface area contributed by atoms with Gasteiger partial charge in [0.25, 0.3) is 5.91 Å². The van der Waals surface area contributed by atoms with Crippen LogP contribution in [-0.2, 0) is 9.53 Å². The summed E-state index contributed by atoms with van der Waals surface area (Å²) in [4.78, 5) is 14.6. The van der Waals surface area contributed by atoms with E-state index in [2.05, 4.69) is 17.1 Å².